The van der Waals surface area contributed by atoms with Crippen molar-refractivity contribution < 1.29 is 0 Å². The summed E-state index contributed by atoms with van der Waals surface area (Å²) in [7, 11) is 0. The van der Waals surface area contributed by atoms with Crippen LogP contribution < -0.4 is 0 Å². The highest BCUT2D eigenvalue weighted by Gasteiger charge is 2.00. The zero-order chi connectivity index (χ0) is 9.26. The molecule has 1 nitrogen and oxygen atoms in total. The van der Waals surface area contributed by atoms with Crippen LogP contribution in [0.1, 0.15) is 5.69 Å². The first-order valence-electron chi connectivity index (χ1n) is 4.17. The molecule has 13 heavy (non-hydrogen) atoms. The van der Waals surface area contributed by atoms with Gasteiger partial charge in [-0.25, -0.2) is 0 Å². The zero-order valence-corrected chi connectivity index (χ0v) is 8.95. The first-order chi connectivity index (χ1) is 6.27. The molecule has 0 saturated carbocycles. The minimum absolute atomic E-state index is 1.12. The van der Waals surface area contributed by atoms with Crippen molar-refractivity contribution in [3.8, 4) is 5.69 Å². The maximum absolute atomic E-state index is 3.46. The van der Waals surface area contributed by atoms with Gasteiger partial charge >= 0.3 is 0 Å². The summed E-state index contributed by atoms with van der Waals surface area (Å²) in [6.07, 6.45) is 2.07. The average molecular weight is 236 g/mol. The van der Waals surface area contributed by atoms with Crippen LogP contribution in [0.2, 0.25) is 0 Å². The maximum Gasteiger partial charge on any atom is 0.0452 e. The molecule has 0 unspecified atom stereocenters. The number of nitrogens with zero attached hydrogens (tertiary/aromatic N) is 1. The van der Waals surface area contributed by atoms with Gasteiger partial charge in [0.25, 0.3) is 0 Å². The standard InChI is InChI=1S/C11H10BrN/c1-9-7-10(12)8-13(9)11-5-3-2-4-6-11/h2-8H,1H3. The third-order valence-electron chi connectivity index (χ3n) is 2.01. The van der Waals surface area contributed by atoms with Crippen molar-refractivity contribution in [3.63, 3.8) is 0 Å². The predicted molar refractivity (Wildman–Crippen MR) is 58.2 cm³/mol. The Bertz CT molecular complexity index is 403. The molecule has 66 valence electrons. The Kier molecular flexibility index (Phi) is 2.23. The van der Waals surface area contributed by atoms with Crippen LogP contribution in [0.5, 0.6) is 0 Å². The van der Waals surface area contributed by atoms with Crippen molar-refractivity contribution in [1.82, 2.24) is 4.57 Å². The van der Waals surface area contributed by atoms with E-state index in [1.165, 1.54) is 11.4 Å². The summed E-state index contributed by atoms with van der Waals surface area (Å²) >= 11 is 3.46. The van der Waals surface area contributed by atoms with Crippen LogP contribution in [-0.4, -0.2) is 4.57 Å². The lowest BCUT2D eigenvalue weighted by atomic mass is 10.3. The van der Waals surface area contributed by atoms with Crippen LogP contribution in [-0.2, 0) is 0 Å². The summed E-state index contributed by atoms with van der Waals surface area (Å²) in [5, 5.41) is 0. The molecule has 0 spiro atoms. The topological polar surface area (TPSA) is 4.93 Å². The number of para-hydroxylation sites is 1. The molecule has 2 aromatic rings. The Morgan fingerprint density at radius 3 is 2.38 bits per heavy atom. The fraction of sp³-hybridized carbons (Fsp3) is 0.0909. The molecule has 0 bridgehead atoms. The van der Waals surface area contributed by atoms with Gasteiger partial charge in [0, 0.05) is 22.1 Å². The van der Waals surface area contributed by atoms with Gasteiger partial charge in [-0.3, -0.25) is 0 Å². The molecule has 2 rings (SSSR count). The van der Waals surface area contributed by atoms with Crippen molar-refractivity contribution in [3.05, 3.63) is 52.8 Å². The number of benzene rings is 1. The van der Waals surface area contributed by atoms with Crippen LogP contribution in [0.3, 0.4) is 0 Å². The Balaban J connectivity index is 2.53. The number of aromatic nitrogens is 1. The van der Waals surface area contributed by atoms with Gasteiger partial charge in [-0.15, -0.1) is 0 Å². The SMILES string of the molecule is Cc1cc(Br)cn1-c1ccccc1. The highest BCUT2D eigenvalue weighted by atomic mass is 79.9. The molecule has 2 heteroatoms. The van der Waals surface area contributed by atoms with Crippen molar-refractivity contribution >= 4 is 15.9 Å². The highest BCUT2D eigenvalue weighted by molar-refractivity contribution is 9.10. The van der Waals surface area contributed by atoms with E-state index in [9.17, 15) is 0 Å². The second kappa shape index (κ2) is 3.38. The molecule has 1 aromatic carbocycles. The number of rotatable bonds is 1. The van der Waals surface area contributed by atoms with Crippen molar-refractivity contribution in [2.75, 3.05) is 0 Å². The second-order valence-electron chi connectivity index (χ2n) is 3.01. The van der Waals surface area contributed by atoms with Gasteiger partial charge in [0.2, 0.25) is 0 Å². The molecular weight excluding hydrogens is 226 g/mol. The lowest BCUT2D eigenvalue weighted by Crippen LogP contribution is -1.92. The summed E-state index contributed by atoms with van der Waals surface area (Å²) < 4.78 is 3.28. The molecule has 0 radical (unpaired) electrons. The molecule has 0 aliphatic heterocycles. The van der Waals surface area contributed by atoms with Crippen LogP contribution >= 0.6 is 15.9 Å². The Morgan fingerprint density at radius 1 is 1.15 bits per heavy atom. The second-order valence-corrected chi connectivity index (χ2v) is 3.92. The van der Waals surface area contributed by atoms with Gasteiger partial charge in [-0.2, -0.15) is 0 Å². The first kappa shape index (κ1) is 8.57. The van der Waals surface area contributed by atoms with Crippen molar-refractivity contribution in [1.29, 1.82) is 0 Å². The van der Waals surface area contributed by atoms with Crippen LogP contribution in [0, 0.1) is 6.92 Å². The lowest BCUT2D eigenvalue weighted by Gasteiger charge is -2.04. The van der Waals surface area contributed by atoms with Gasteiger partial charge in [0.05, 0.1) is 0 Å². The Labute approximate surface area is 86.1 Å². The third kappa shape index (κ3) is 1.68. The van der Waals surface area contributed by atoms with Gasteiger partial charge in [-0.05, 0) is 41.1 Å². The maximum atomic E-state index is 3.46. The van der Waals surface area contributed by atoms with E-state index < -0.39 is 0 Å². The third-order valence-corrected chi connectivity index (χ3v) is 2.45. The highest BCUT2D eigenvalue weighted by Crippen LogP contribution is 2.18. The van der Waals surface area contributed by atoms with E-state index in [0.717, 1.165) is 4.47 Å². The van der Waals surface area contributed by atoms with Crippen molar-refractivity contribution in [2.45, 2.75) is 6.92 Å². The Morgan fingerprint density at radius 2 is 1.85 bits per heavy atom. The van der Waals surface area contributed by atoms with E-state index in [0.29, 0.717) is 0 Å². The van der Waals surface area contributed by atoms with E-state index in [-0.39, 0.29) is 0 Å². The average Bonchev–Trinajstić information content (AvgIpc) is 2.47. The summed E-state index contributed by atoms with van der Waals surface area (Å²) in [5.74, 6) is 0. The molecule has 0 atom stereocenters. The van der Waals surface area contributed by atoms with Gasteiger partial charge < -0.3 is 4.57 Å². The summed E-state index contributed by atoms with van der Waals surface area (Å²) in [5.41, 5.74) is 2.43. The largest absolute Gasteiger partial charge is 0.320 e. The van der Waals surface area contributed by atoms with E-state index in [4.69, 9.17) is 0 Å². The minimum Gasteiger partial charge on any atom is -0.320 e. The van der Waals surface area contributed by atoms with Crippen LogP contribution in [0.25, 0.3) is 5.69 Å². The number of hydrogen-bond acceptors (Lipinski definition) is 0. The quantitative estimate of drug-likeness (QED) is 0.713. The molecule has 1 heterocycles. The van der Waals surface area contributed by atoms with E-state index in [1.807, 2.05) is 18.2 Å². The summed E-state index contributed by atoms with van der Waals surface area (Å²) in [6.45, 7) is 2.09. The predicted octanol–water partition coefficient (Wildman–Crippen LogP) is 3.55. The summed E-state index contributed by atoms with van der Waals surface area (Å²) in [4.78, 5) is 0. The zero-order valence-electron chi connectivity index (χ0n) is 7.37. The van der Waals surface area contributed by atoms with E-state index in [1.54, 1.807) is 0 Å². The normalized spacial score (nSPS) is 10.3. The van der Waals surface area contributed by atoms with Crippen molar-refractivity contribution in [2.24, 2.45) is 0 Å². The van der Waals surface area contributed by atoms with E-state index in [2.05, 4.69) is 51.8 Å². The fourth-order valence-corrected chi connectivity index (χ4v) is 1.93. The molecule has 0 aliphatic carbocycles. The Hall–Kier alpha value is -1.02. The smallest absolute Gasteiger partial charge is 0.0452 e. The number of aryl methyl sites for hydroxylation is 1. The molecule has 1 aromatic heterocycles. The molecule has 0 saturated heterocycles. The monoisotopic (exact) mass is 235 g/mol. The van der Waals surface area contributed by atoms with Crippen LogP contribution in [0.15, 0.2) is 47.1 Å². The molecule has 0 aliphatic rings. The molecular formula is C11H10BrN. The summed E-state index contributed by atoms with van der Waals surface area (Å²) in [6, 6.07) is 12.4. The first-order valence-corrected chi connectivity index (χ1v) is 4.96. The van der Waals surface area contributed by atoms with Gasteiger partial charge in [0.15, 0.2) is 0 Å². The minimum atomic E-state index is 1.12. The number of halogens is 1. The molecule has 0 fully saturated rings. The molecule has 0 amide bonds. The van der Waals surface area contributed by atoms with E-state index >= 15 is 0 Å². The fourth-order valence-electron chi connectivity index (χ4n) is 1.40. The lowest BCUT2D eigenvalue weighted by molar-refractivity contribution is 1.01. The van der Waals surface area contributed by atoms with Gasteiger partial charge in [0.1, 0.15) is 0 Å². The number of hydrogen-bond donors (Lipinski definition) is 0. The van der Waals surface area contributed by atoms with Crippen LogP contribution in [0.4, 0.5) is 0 Å². The van der Waals surface area contributed by atoms with Gasteiger partial charge in [-0.1, -0.05) is 18.2 Å². The molecule has 0 N–H and O–H groups in total.